The summed E-state index contributed by atoms with van der Waals surface area (Å²) >= 11 is 18.0. The van der Waals surface area contributed by atoms with Crippen LogP contribution in [0.3, 0.4) is 0 Å². The van der Waals surface area contributed by atoms with E-state index in [1.807, 2.05) is 0 Å². The second kappa shape index (κ2) is 6.24. The molecule has 116 valence electrons. The Morgan fingerprint density at radius 1 is 1.00 bits per heavy atom. The van der Waals surface area contributed by atoms with Crippen molar-refractivity contribution in [2.45, 2.75) is 0 Å². The van der Waals surface area contributed by atoms with Crippen molar-refractivity contribution >= 4 is 40.8 Å². The first-order valence-corrected chi connectivity index (χ1v) is 7.54. The van der Waals surface area contributed by atoms with Gasteiger partial charge < -0.3 is 9.52 Å². The highest BCUT2D eigenvalue weighted by Crippen LogP contribution is 2.37. The molecule has 0 aliphatic heterocycles. The maximum atomic E-state index is 11.2. The summed E-state index contributed by atoms with van der Waals surface area (Å²) in [4.78, 5) is 15.2. The average molecular weight is 369 g/mol. The first-order valence-electron chi connectivity index (χ1n) is 6.41. The van der Waals surface area contributed by atoms with E-state index in [4.69, 9.17) is 44.3 Å². The zero-order valence-electron chi connectivity index (χ0n) is 11.4. The number of benzene rings is 2. The van der Waals surface area contributed by atoms with E-state index in [2.05, 4.69) is 4.98 Å². The molecule has 0 atom stereocenters. The maximum Gasteiger partial charge on any atom is 0.392 e. The van der Waals surface area contributed by atoms with Gasteiger partial charge in [0.2, 0.25) is 0 Å². The monoisotopic (exact) mass is 367 g/mol. The van der Waals surface area contributed by atoms with Crippen LogP contribution in [0.4, 0.5) is 0 Å². The molecule has 7 heteroatoms. The first-order chi connectivity index (χ1) is 11.0. The molecule has 0 aliphatic rings. The van der Waals surface area contributed by atoms with Gasteiger partial charge in [0.25, 0.3) is 0 Å². The molecule has 3 aromatic rings. The van der Waals surface area contributed by atoms with Gasteiger partial charge in [-0.1, -0.05) is 34.8 Å². The highest BCUT2D eigenvalue weighted by atomic mass is 35.5. The molecule has 0 amide bonds. The third kappa shape index (κ3) is 3.20. The summed E-state index contributed by atoms with van der Waals surface area (Å²) in [6.45, 7) is 0. The largest absolute Gasteiger partial charge is 0.474 e. The van der Waals surface area contributed by atoms with Crippen molar-refractivity contribution < 1.29 is 14.3 Å². The van der Waals surface area contributed by atoms with Crippen LogP contribution in [0.15, 0.2) is 46.9 Å². The second-order valence-electron chi connectivity index (χ2n) is 4.63. The van der Waals surface area contributed by atoms with E-state index in [1.54, 1.807) is 42.5 Å². The molecule has 0 bridgehead atoms. The van der Waals surface area contributed by atoms with Crippen molar-refractivity contribution in [2.75, 3.05) is 0 Å². The predicted molar refractivity (Wildman–Crippen MR) is 89.4 cm³/mol. The summed E-state index contributed by atoms with van der Waals surface area (Å²) in [7, 11) is 0. The highest BCUT2D eigenvalue weighted by molar-refractivity contribution is 6.36. The minimum atomic E-state index is -1.27. The zero-order valence-corrected chi connectivity index (χ0v) is 13.7. The molecule has 0 spiro atoms. The van der Waals surface area contributed by atoms with Crippen molar-refractivity contribution in [3.8, 4) is 22.6 Å². The van der Waals surface area contributed by atoms with Crippen molar-refractivity contribution in [3.05, 3.63) is 63.4 Å². The fourth-order valence-electron chi connectivity index (χ4n) is 2.07. The van der Waals surface area contributed by atoms with Crippen LogP contribution in [0, 0.1) is 0 Å². The third-order valence-corrected chi connectivity index (χ3v) is 3.90. The Bertz CT molecular complexity index is 888. The SMILES string of the molecule is O=C(O)c1nc(-c2ccc(Cl)cc2Cl)c(-c2ccc(Cl)cc2)o1. The molecule has 1 aromatic heterocycles. The van der Waals surface area contributed by atoms with Crippen molar-refractivity contribution in [3.63, 3.8) is 0 Å². The standard InChI is InChI=1S/C16H8Cl3NO3/c17-9-3-1-8(2-4-9)14-13(20-15(23-14)16(21)22)11-6-5-10(18)7-12(11)19/h1-7H,(H,21,22). The van der Waals surface area contributed by atoms with Crippen LogP contribution in [0.1, 0.15) is 10.7 Å². The van der Waals surface area contributed by atoms with Gasteiger partial charge in [-0.3, -0.25) is 0 Å². The number of halogens is 3. The normalized spacial score (nSPS) is 10.7. The lowest BCUT2D eigenvalue weighted by Gasteiger charge is -2.04. The molecule has 23 heavy (non-hydrogen) atoms. The van der Waals surface area contributed by atoms with Crippen molar-refractivity contribution in [2.24, 2.45) is 0 Å². The molecule has 0 fully saturated rings. The van der Waals surface area contributed by atoms with E-state index in [9.17, 15) is 4.79 Å². The maximum absolute atomic E-state index is 11.2. The Labute approximate surface area is 146 Å². The molecule has 2 aromatic carbocycles. The molecule has 0 aliphatic carbocycles. The molecule has 0 unspecified atom stereocenters. The minimum Gasteiger partial charge on any atom is -0.474 e. The number of nitrogens with zero attached hydrogens (tertiary/aromatic N) is 1. The van der Waals surface area contributed by atoms with Crippen LogP contribution in [0.5, 0.6) is 0 Å². The number of aromatic nitrogens is 1. The number of carboxylic acid groups (broad SMARTS) is 1. The predicted octanol–water partition coefficient (Wildman–Crippen LogP) is 5.67. The molecule has 4 nitrogen and oxygen atoms in total. The third-order valence-electron chi connectivity index (χ3n) is 3.10. The van der Waals surface area contributed by atoms with Crippen LogP contribution in [0.25, 0.3) is 22.6 Å². The number of rotatable bonds is 3. The van der Waals surface area contributed by atoms with E-state index >= 15 is 0 Å². The molecule has 3 rings (SSSR count). The Balaban J connectivity index is 2.22. The lowest BCUT2D eigenvalue weighted by Crippen LogP contribution is -1.95. The lowest BCUT2D eigenvalue weighted by molar-refractivity contribution is 0.0654. The average Bonchev–Trinajstić information content (AvgIpc) is 2.93. The number of carbonyl (C=O) groups is 1. The second-order valence-corrected chi connectivity index (χ2v) is 5.91. The summed E-state index contributed by atoms with van der Waals surface area (Å²) in [5, 5.41) is 10.5. The molecule has 0 saturated heterocycles. The number of hydrogen-bond donors (Lipinski definition) is 1. The van der Waals surface area contributed by atoms with Gasteiger partial charge in [-0.25, -0.2) is 9.78 Å². The van der Waals surface area contributed by atoms with Crippen LogP contribution in [-0.4, -0.2) is 16.1 Å². The number of oxazole rings is 1. The summed E-state index contributed by atoms with van der Waals surface area (Å²) < 4.78 is 5.40. The van der Waals surface area contributed by atoms with Gasteiger partial charge >= 0.3 is 11.9 Å². The summed E-state index contributed by atoms with van der Waals surface area (Å²) in [6.07, 6.45) is 0. The van der Waals surface area contributed by atoms with Gasteiger partial charge in [0.15, 0.2) is 5.76 Å². The summed E-state index contributed by atoms with van der Waals surface area (Å²) in [5.74, 6) is -1.39. The molecular formula is C16H8Cl3NO3. The minimum absolute atomic E-state index is 0.295. The Kier molecular flexibility index (Phi) is 4.31. The molecule has 1 heterocycles. The van der Waals surface area contributed by atoms with Crippen LogP contribution < -0.4 is 0 Å². The van der Waals surface area contributed by atoms with Gasteiger partial charge in [0.1, 0.15) is 5.69 Å². The van der Waals surface area contributed by atoms with Gasteiger partial charge in [0, 0.05) is 21.2 Å². The van der Waals surface area contributed by atoms with Crippen LogP contribution >= 0.6 is 34.8 Å². The smallest absolute Gasteiger partial charge is 0.392 e. The number of hydrogen-bond acceptors (Lipinski definition) is 3. The van der Waals surface area contributed by atoms with Crippen molar-refractivity contribution in [1.29, 1.82) is 0 Å². The molecule has 0 radical (unpaired) electrons. The molecular weight excluding hydrogens is 361 g/mol. The lowest BCUT2D eigenvalue weighted by atomic mass is 10.1. The van der Waals surface area contributed by atoms with Gasteiger partial charge in [0.05, 0.1) is 5.02 Å². The quantitative estimate of drug-likeness (QED) is 0.647. The van der Waals surface area contributed by atoms with Gasteiger partial charge in [-0.15, -0.1) is 0 Å². The summed E-state index contributed by atoms with van der Waals surface area (Å²) in [6, 6.07) is 11.6. The molecule has 0 saturated carbocycles. The van der Waals surface area contributed by atoms with E-state index in [-0.39, 0.29) is 0 Å². The van der Waals surface area contributed by atoms with Gasteiger partial charge in [-0.05, 0) is 42.5 Å². The fourth-order valence-corrected chi connectivity index (χ4v) is 2.70. The first kappa shape index (κ1) is 15.9. The molecule has 1 N–H and O–H groups in total. The van der Waals surface area contributed by atoms with E-state index in [0.717, 1.165) is 0 Å². The summed E-state index contributed by atoms with van der Waals surface area (Å²) in [5.41, 5.74) is 1.49. The van der Waals surface area contributed by atoms with Crippen LogP contribution in [-0.2, 0) is 0 Å². The van der Waals surface area contributed by atoms with E-state index < -0.39 is 11.9 Å². The zero-order chi connectivity index (χ0) is 16.6. The van der Waals surface area contributed by atoms with Crippen molar-refractivity contribution in [1.82, 2.24) is 4.98 Å². The topological polar surface area (TPSA) is 63.3 Å². The van der Waals surface area contributed by atoms with Gasteiger partial charge in [-0.2, -0.15) is 0 Å². The number of aromatic carboxylic acids is 1. The number of carboxylic acids is 1. The van der Waals surface area contributed by atoms with Crippen LogP contribution in [0.2, 0.25) is 15.1 Å². The Hall–Kier alpha value is -2.01. The Morgan fingerprint density at radius 2 is 1.65 bits per heavy atom. The van der Waals surface area contributed by atoms with E-state index in [1.165, 1.54) is 0 Å². The fraction of sp³-hybridized carbons (Fsp3) is 0. The highest BCUT2D eigenvalue weighted by Gasteiger charge is 2.22. The van der Waals surface area contributed by atoms with E-state index in [0.29, 0.717) is 37.6 Å². The Morgan fingerprint density at radius 3 is 2.26 bits per heavy atom.